The third kappa shape index (κ3) is 2.51. The lowest BCUT2D eigenvalue weighted by Gasteiger charge is -2.26. The fourth-order valence-corrected chi connectivity index (χ4v) is 3.92. The van der Waals surface area contributed by atoms with Gasteiger partial charge in [-0.05, 0) is 47.2 Å². The summed E-state index contributed by atoms with van der Waals surface area (Å²) in [5.74, 6) is 0.748. The Hall–Kier alpha value is -3.76. The minimum atomic E-state index is 0.251. The standard InChI is InChI=1S/C23H17N3O/c1-27-16-9-6-15(7-10-16)21-18-11-8-14-4-2-3-5-17(14)22(18)20(13-25)23(26)19(21)12-24/h2-7,9-10H,8,11,26H2,1H3. The molecule has 0 unspecified atom stereocenters. The quantitative estimate of drug-likeness (QED) is 0.691. The van der Waals surface area contributed by atoms with E-state index in [4.69, 9.17) is 10.5 Å². The lowest BCUT2D eigenvalue weighted by molar-refractivity contribution is 0.415. The van der Waals surface area contributed by atoms with Crippen molar-refractivity contribution in [3.8, 4) is 40.1 Å². The number of hydrogen-bond acceptors (Lipinski definition) is 4. The number of nitrogens with two attached hydrogens (primary N) is 1. The number of fused-ring (bicyclic) bond motifs is 3. The van der Waals surface area contributed by atoms with Crippen LogP contribution in [0.5, 0.6) is 5.75 Å². The number of rotatable bonds is 2. The molecule has 4 nitrogen and oxygen atoms in total. The largest absolute Gasteiger partial charge is 0.497 e. The van der Waals surface area contributed by atoms with E-state index in [1.807, 2.05) is 42.5 Å². The first-order valence-corrected chi connectivity index (χ1v) is 8.70. The first-order chi connectivity index (χ1) is 13.2. The highest BCUT2D eigenvalue weighted by molar-refractivity contribution is 5.94. The van der Waals surface area contributed by atoms with Crippen LogP contribution in [-0.4, -0.2) is 7.11 Å². The first-order valence-electron chi connectivity index (χ1n) is 8.70. The van der Waals surface area contributed by atoms with Crippen LogP contribution in [0.15, 0.2) is 48.5 Å². The Bertz CT molecular complexity index is 1130. The molecule has 0 radical (unpaired) electrons. The van der Waals surface area contributed by atoms with Gasteiger partial charge in [0.25, 0.3) is 0 Å². The van der Waals surface area contributed by atoms with Crippen LogP contribution >= 0.6 is 0 Å². The summed E-state index contributed by atoms with van der Waals surface area (Å²) in [7, 11) is 1.62. The highest BCUT2D eigenvalue weighted by atomic mass is 16.5. The Labute approximate surface area is 158 Å². The molecular weight excluding hydrogens is 334 g/mol. The van der Waals surface area contributed by atoms with Gasteiger partial charge in [-0.2, -0.15) is 10.5 Å². The van der Waals surface area contributed by atoms with E-state index in [-0.39, 0.29) is 5.69 Å². The van der Waals surface area contributed by atoms with Gasteiger partial charge in [-0.25, -0.2) is 0 Å². The molecule has 0 spiro atoms. The Morgan fingerprint density at radius 2 is 1.56 bits per heavy atom. The number of nitriles is 2. The van der Waals surface area contributed by atoms with Gasteiger partial charge in [0.05, 0.1) is 23.9 Å². The smallest absolute Gasteiger partial charge is 0.118 e. The Morgan fingerprint density at radius 3 is 2.22 bits per heavy atom. The highest BCUT2D eigenvalue weighted by Gasteiger charge is 2.28. The maximum atomic E-state index is 9.81. The molecule has 4 rings (SSSR count). The molecule has 1 aliphatic carbocycles. The van der Waals surface area contributed by atoms with E-state index in [0.29, 0.717) is 11.1 Å². The molecule has 0 aromatic heterocycles. The second-order valence-electron chi connectivity index (χ2n) is 6.50. The van der Waals surface area contributed by atoms with Gasteiger partial charge in [0, 0.05) is 11.1 Å². The van der Waals surface area contributed by atoms with E-state index in [0.717, 1.165) is 46.4 Å². The van der Waals surface area contributed by atoms with Gasteiger partial charge in [0.1, 0.15) is 17.9 Å². The summed E-state index contributed by atoms with van der Waals surface area (Å²) in [6, 6.07) is 20.2. The zero-order valence-electron chi connectivity index (χ0n) is 14.9. The van der Waals surface area contributed by atoms with Crippen molar-refractivity contribution < 1.29 is 4.74 Å². The number of ether oxygens (including phenoxy) is 1. The second kappa shape index (κ2) is 6.52. The second-order valence-corrected chi connectivity index (χ2v) is 6.50. The van der Waals surface area contributed by atoms with Crippen LogP contribution in [0.4, 0.5) is 5.69 Å². The molecule has 27 heavy (non-hydrogen) atoms. The van der Waals surface area contributed by atoms with E-state index in [1.165, 1.54) is 5.56 Å². The maximum absolute atomic E-state index is 9.81. The molecule has 0 saturated heterocycles. The molecule has 3 aromatic rings. The fraction of sp³-hybridized carbons (Fsp3) is 0.130. The van der Waals surface area contributed by atoms with E-state index in [1.54, 1.807) is 7.11 Å². The van der Waals surface area contributed by atoms with Crippen LogP contribution in [0.1, 0.15) is 22.3 Å². The van der Waals surface area contributed by atoms with E-state index >= 15 is 0 Å². The van der Waals surface area contributed by atoms with Crippen molar-refractivity contribution in [1.29, 1.82) is 10.5 Å². The molecule has 0 fully saturated rings. The van der Waals surface area contributed by atoms with Crippen molar-refractivity contribution in [1.82, 2.24) is 0 Å². The minimum Gasteiger partial charge on any atom is -0.497 e. The number of benzene rings is 3. The summed E-state index contributed by atoms with van der Waals surface area (Å²) in [5.41, 5.74) is 13.2. The minimum absolute atomic E-state index is 0.251. The van der Waals surface area contributed by atoms with Crippen molar-refractivity contribution in [2.45, 2.75) is 12.8 Å². The topological polar surface area (TPSA) is 82.8 Å². The molecule has 3 aromatic carbocycles. The van der Waals surface area contributed by atoms with Gasteiger partial charge in [0.2, 0.25) is 0 Å². The van der Waals surface area contributed by atoms with Crippen LogP contribution in [0.25, 0.3) is 22.3 Å². The Kier molecular flexibility index (Phi) is 4.03. The van der Waals surface area contributed by atoms with Crippen molar-refractivity contribution in [3.63, 3.8) is 0 Å². The Balaban J connectivity index is 2.10. The third-order valence-corrected chi connectivity index (χ3v) is 5.18. The number of hydrogen-bond donors (Lipinski definition) is 1. The van der Waals surface area contributed by atoms with Crippen LogP contribution < -0.4 is 10.5 Å². The van der Waals surface area contributed by atoms with Crippen molar-refractivity contribution in [3.05, 3.63) is 70.8 Å². The molecule has 0 heterocycles. The predicted molar refractivity (Wildman–Crippen MR) is 105 cm³/mol. The molecule has 4 heteroatoms. The molecular formula is C23H17N3O. The number of methoxy groups -OCH3 is 1. The van der Waals surface area contributed by atoms with Gasteiger partial charge >= 0.3 is 0 Å². The van der Waals surface area contributed by atoms with Gasteiger partial charge in [0.15, 0.2) is 0 Å². The molecule has 130 valence electrons. The van der Waals surface area contributed by atoms with Crippen molar-refractivity contribution in [2.24, 2.45) is 0 Å². The van der Waals surface area contributed by atoms with E-state index in [9.17, 15) is 10.5 Å². The molecule has 0 atom stereocenters. The monoisotopic (exact) mass is 351 g/mol. The van der Waals surface area contributed by atoms with Crippen LogP contribution in [-0.2, 0) is 12.8 Å². The molecule has 1 aliphatic rings. The number of aryl methyl sites for hydroxylation is 1. The molecule has 0 aliphatic heterocycles. The number of anilines is 1. The van der Waals surface area contributed by atoms with E-state index in [2.05, 4.69) is 18.2 Å². The average Bonchev–Trinajstić information content (AvgIpc) is 2.73. The van der Waals surface area contributed by atoms with Gasteiger partial charge in [-0.3, -0.25) is 0 Å². The summed E-state index contributed by atoms with van der Waals surface area (Å²) < 4.78 is 5.25. The number of nitrogens with zero attached hydrogens (tertiary/aromatic N) is 2. The summed E-state index contributed by atoms with van der Waals surface area (Å²) in [5, 5.41) is 19.6. The van der Waals surface area contributed by atoms with Gasteiger partial charge < -0.3 is 10.5 Å². The summed E-state index contributed by atoms with van der Waals surface area (Å²) in [6.07, 6.45) is 1.63. The maximum Gasteiger partial charge on any atom is 0.118 e. The fourth-order valence-electron chi connectivity index (χ4n) is 3.92. The van der Waals surface area contributed by atoms with Crippen molar-refractivity contribution >= 4 is 5.69 Å². The van der Waals surface area contributed by atoms with Crippen LogP contribution in [0.3, 0.4) is 0 Å². The molecule has 0 amide bonds. The molecule has 0 saturated carbocycles. The first kappa shape index (κ1) is 16.7. The van der Waals surface area contributed by atoms with Crippen LogP contribution in [0.2, 0.25) is 0 Å². The van der Waals surface area contributed by atoms with Gasteiger partial charge in [-0.15, -0.1) is 0 Å². The van der Waals surface area contributed by atoms with Crippen LogP contribution in [0, 0.1) is 22.7 Å². The molecule has 2 N–H and O–H groups in total. The lowest BCUT2D eigenvalue weighted by atomic mass is 9.77. The Morgan fingerprint density at radius 1 is 0.889 bits per heavy atom. The average molecular weight is 351 g/mol. The number of nitrogen functional groups attached to an aromatic ring is 1. The SMILES string of the molecule is COc1ccc(-c2c(C#N)c(N)c(C#N)c3c2CCc2ccccc2-3)cc1. The summed E-state index contributed by atoms with van der Waals surface area (Å²) >= 11 is 0. The molecule has 0 bridgehead atoms. The highest BCUT2D eigenvalue weighted by Crippen LogP contribution is 2.45. The normalized spacial score (nSPS) is 11.7. The zero-order valence-corrected chi connectivity index (χ0v) is 14.9. The van der Waals surface area contributed by atoms with Gasteiger partial charge in [-0.1, -0.05) is 36.4 Å². The predicted octanol–water partition coefficient (Wildman–Crippen LogP) is 4.45. The zero-order chi connectivity index (χ0) is 19.0. The van der Waals surface area contributed by atoms with E-state index < -0.39 is 0 Å². The third-order valence-electron chi connectivity index (χ3n) is 5.18. The van der Waals surface area contributed by atoms with Crippen molar-refractivity contribution in [2.75, 3.05) is 12.8 Å². The summed E-state index contributed by atoms with van der Waals surface area (Å²) in [4.78, 5) is 0. The lowest BCUT2D eigenvalue weighted by Crippen LogP contribution is -2.11. The summed E-state index contributed by atoms with van der Waals surface area (Å²) in [6.45, 7) is 0.